The minimum atomic E-state index is -0.0908. The molecule has 2 aromatic carbocycles. The van der Waals surface area contributed by atoms with E-state index in [1.807, 2.05) is 32.9 Å². The average Bonchev–Trinajstić information content (AvgIpc) is 2.42. The van der Waals surface area contributed by atoms with Crippen molar-refractivity contribution in [1.29, 1.82) is 0 Å². The van der Waals surface area contributed by atoms with Crippen molar-refractivity contribution in [2.75, 3.05) is 0 Å². The SMILES string of the molecule is Cc1ccc(-n2c(C)nc3ccc(Cl)cc3c2=O)c(C)c1. The number of hydrogen-bond acceptors (Lipinski definition) is 2. The Morgan fingerprint density at radius 2 is 1.81 bits per heavy atom. The smallest absolute Gasteiger partial charge is 0.266 e. The van der Waals surface area contributed by atoms with E-state index in [-0.39, 0.29) is 5.56 Å². The quantitative estimate of drug-likeness (QED) is 0.681. The van der Waals surface area contributed by atoms with E-state index in [0.29, 0.717) is 21.7 Å². The van der Waals surface area contributed by atoms with Crippen molar-refractivity contribution in [3.63, 3.8) is 0 Å². The standard InChI is InChI=1S/C17H15ClN2O/c1-10-4-7-16(11(2)8-10)20-12(3)19-15-6-5-13(18)9-14(15)17(20)21/h4-9H,1-3H3. The monoisotopic (exact) mass is 298 g/mol. The maximum Gasteiger partial charge on any atom is 0.266 e. The van der Waals surface area contributed by atoms with Crippen molar-refractivity contribution in [3.8, 4) is 5.69 Å². The Bertz CT molecular complexity index is 913. The summed E-state index contributed by atoms with van der Waals surface area (Å²) in [7, 11) is 0. The summed E-state index contributed by atoms with van der Waals surface area (Å²) in [5.41, 5.74) is 3.65. The molecule has 1 heterocycles. The molecule has 0 radical (unpaired) electrons. The van der Waals surface area contributed by atoms with Crippen LogP contribution in [-0.2, 0) is 0 Å². The number of rotatable bonds is 1. The van der Waals surface area contributed by atoms with Crippen molar-refractivity contribution in [1.82, 2.24) is 9.55 Å². The van der Waals surface area contributed by atoms with Crippen LogP contribution < -0.4 is 5.56 Å². The number of aryl methyl sites for hydroxylation is 3. The molecule has 0 bridgehead atoms. The molecule has 0 saturated carbocycles. The summed E-state index contributed by atoms with van der Waals surface area (Å²) in [5.74, 6) is 0.668. The second kappa shape index (κ2) is 5.01. The number of nitrogens with zero attached hydrogens (tertiary/aromatic N) is 2. The molecule has 0 unspecified atom stereocenters. The Balaban J connectivity index is 2.40. The van der Waals surface area contributed by atoms with E-state index in [2.05, 4.69) is 11.1 Å². The van der Waals surface area contributed by atoms with Gasteiger partial charge in [0.1, 0.15) is 5.82 Å². The van der Waals surface area contributed by atoms with Gasteiger partial charge in [-0.25, -0.2) is 4.98 Å². The zero-order chi connectivity index (χ0) is 15.1. The van der Waals surface area contributed by atoms with E-state index >= 15 is 0 Å². The molecule has 1 aromatic heterocycles. The molecular formula is C17H15ClN2O. The van der Waals surface area contributed by atoms with E-state index in [1.165, 1.54) is 5.56 Å². The van der Waals surface area contributed by atoms with Crippen LogP contribution in [-0.4, -0.2) is 9.55 Å². The summed E-state index contributed by atoms with van der Waals surface area (Å²) in [5, 5.41) is 1.07. The molecule has 3 rings (SSSR count). The van der Waals surface area contributed by atoms with Gasteiger partial charge in [-0.3, -0.25) is 9.36 Å². The molecular weight excluding hydrogens is 284 g/mol. The van der Waals surface area contributed by atoms with Crippen LogP contribution in [0.5, 0.6) is 0 Å². The van der Waals surface area contributed by atoms with Gasteiger partial charge >= 0.3 is 0 Å². The molecule has 0 aliphatic rings. The molecule has 0 fully saturated rings. The molecule has 0 aliphatic carbocycles. The number of halogens is 1. The first-order valence-electron chi connectivity index (χ1n) is 6.74. The summed E-state index contributed by atoms with van der Waals surface area (Å²) in [6.45, 7) is 5.87. The highest BCUT2D eigenvalue weighted by molar-refractivity contribution is 6.31. The molecule has 0 N–H and O–H groups in total. The van der Waals surface area contributed by atoms with Crippen LogP contribution in [0, 0.1) is 20.8 Å². The lowest BCUT2D eigenvalue weighted by atomic mass is 10.1. The Labute approximate surface area is 127 Å². The third-order valence-electron chi connectivity index (χ3n) is 3.59. The van der Waals surface area contributed by atoms with Gasteiger partial charge in [-0.1, -0.05) is 29.3 Å². The van der Waals surface area contributed by atoms with Crippen LogP contribution in [0.4, 0.5) is 0 Å². The van der Waals surface area contributed by atoms with Crippen LogP contribution in [0.15, 0.2) is 41.2 Å². The minimum Gasteiger partial charge on any atom is -0.268 e. The summed E-state index contributed by atoms with van der Waals surface area (Å²) in [4.78, 5) is 17.3. The van der Waals surface area contributed by atoms with E-state index < -0.39 is 0 Å². The molecule has 106 valence electrons. The fourth-order valence-corrected chi connectivity index (χ4v) is 2.78. The van der Waals surface area contributed by atoms with Crippen molar-refractivity contribution in [3.05, 3.63) is 68.7 Å². The van der Waals surface area contributed by atoms with Gasteiger partial charge in [-0.05, 0) is 50.6 Å². The van der Waals surface area contributed by atoms with Gasteiger partial charge in [-0.2, -0.15) is 0 Å². The second-order valence-corrected chi connectivity index (χ2v) is 5.69. The van der Waals surface area contributed by atoms with Crippen molar-refractivity contribution in [2.24, 2.45) is 0 Å². The van der Waals surface area contributed by atoms with Crippen molar-refractivity contribution < 1.29 is 0 Å². The second-order valence-electron chi connectivity index (χ2n) is 5.25. The highest BCUT2D eigenvalue weighted by Gasteiger charge is 2.12. The zero-order valence-electron chi connectivity index (χ0n) is 12.1. The summed E-state index contributed by atoms with van der Waals surface area (Å²) < 4.78 is 1.65. The highest BCUT2D eigenvalue weighted by atomic mass is 35.5. The lowest BCUT2D eigenvalue weighted by Crippen LogP contribution is -2.23. The molecule has 3 nitrogen and oxygen atoms in total. The Kier molecular flexibility index (Phi) is 3.30. The van der Waals surface area contributed by atoms with Crippen LogP contribution in [0.3, 0.4) is 0 Å². The van der Waals surface area contributed by atoms with Gasteiger partial charge in [0, 0.05) is 5.02 Å². The predicted octanol–water partition coefficient (Wildman–Crippen LogP) is 3.96. The summed E-state index contributed by atoms with van der Waals surface area (Å²) >= 11 is 6.00. The van der Waals surface area contributed by atoms with Gasteiger partial charge in [-0.15, -0.1) is 0 Å². The molecule has 0 aliphatic heterocycles. The normalized spacial score (nSPS) is 11.0. The zero-order valence-corrected chi connectivity index (χ0v) is 12.9. The Hall–Kier alpha value is -2.13. The molecule has 0 atom stereocenters. The fourth-order valence-electron chi connectivity index (χ4n) is 2.61. The molecule has 0 saturated heterocycles. The van der Waals surface area contributed by atoms with Crippen molar-refractivity contribution >= 4 is 22.5 Å². The number of hydrogen-bond donors (Lipinski definition) is 0. The van der Waals surface area contributed by atoms with E-state index in [9.17, 15) is 4.79 Å². The third-order valence-corrected chi connectivity index (χ3v) is 3.83. The maximum absolute atomic E-state index is 12.8. The first kappa shape index (κ1) is 13.8. The molecule has 3 aromatic rings. The van der Waals surface area contributed by atoms with Gasteiger partial charge in [0.25, 0.3) is 5.56 Å². The third kappa shape index (κ3) is 2.34. The topological polar surface area (TPSA) is 34.9 Å². The number of fused-ring (bicyclic) bond motifs is 1. The van der Waals surface area contributed by atoms with E-state index in [1.54, 1.807) is 22.8 Å². The first-order valence-corrected chi connectivity index (χ1v) is 7.12. The fraction of sp³-hybridized carbons (Fsp3) is 0.176. The van der Waals surface area contributed by atoms with Crippen molar-refractivity contribution in [2.45, 2.75) is 20.8 Å². The predicted molar refractivity (Wildman–Crippen MR) is 86.6 cm³/mol. The largest absolute Gasteiger partial charge is 0.268 e. The molecule has 21 heavy (non-hydrogen) atoms. The lowest BCUT2D eigenvalue weighted by Gasteiger charge is -2.13. The summed E-state index contributed by atoms with van der Waals surface area (Å²) in [6.07, 6.45) is 0. The van der Waals surface area contributed by atoms with E-state index in [4.69, 9.17) is 11.6 Å². The van der Waals surface area contributed by atoms with Gasteiger partial charge in [0.15, 0.2) is 0 Å². The van der Waals surface area contributed by atoms with Gasteiger partial charge in [0.05, 0.1) is 16.6 Å². The molecule has 4 heteroatoms. The van der Waals surface area contributed by atoms with Crippen LogP contribution in [0.25, 0.3) is 16.6 Å². The number of aromatic nitrogens is 2. The first-order chi connectivity index (χ1) is 9.97. The average molecular weight is 299 g/mol. The molecule has 0 amide bonds. The number of benzene rings is 2. The minimum absolute atomic E-state index is 0.0908. The Morgan fingerprint density at radius 1 is 1.05 bits per heavy atom. The molecule has 0 spiro atoms. The summed E-state index contributed by atoms with van der Waals surface area (Å²) in [6, 6.07) is 11.2. The lowest BCUT2D eigenvalue weighted by molar-refractivity contribution is 0.887. The van der Waals surface area contributed by atoms with Crippen LogP contribution >= 0.6 is 11.6 Å². The van der Waals surface area contributed by atoms with E-state index in [0.717, 1.165) is 11.3 Å². The van der Waals surface area contributed by atoms with Gasteiger partial charge < -0.3 is 0 Å². The van der Waals surface area contributed by atoms with Crippen LogP contribution in [0.2, 0.25) is 5.02 Å². The van der Waals surface area contributed by atoms with Crippen LogP contribution in [0.1, 0.15) is 17.0 Å². The van der Waals surface area contributed by atoms with Gasteiger partial charge in [0.2, 0.25) is 0 Å². The highest BCUT2D eigenvalue weighted by Crippen LogP contribution is 2.19. The Morgan fingerprint density at radius 3 is 2.52 bits per heavy atom. The maximum atomic E-state index is 12.8.